The van der Waals surface area contributed by atoms with E-state index in [-0.39, 0.29) is 0 Å². The maximum absolute atomic E-state index is 6.48. The summed E-state index contributed by atoms with van der Waals surface area (Å²) in [7, 11) is 0. The Bertz CT molecular complexity index is 493. The lowest BCUT2D eigenvalue weighted by atomic mass is 9.98. The van der Waals surface area contributed by atoms with Crippen molar-refractivity contribution in [1.82, 2.24) is 5.32 Å². The van der Waals surface area contributed by atoms with E-state index in [0.717, 1.165) is 29.7 Å². The van der Waals surface area contributed by atoms with Crippen molar-refractivity contribution in [2.75, 3.05) is 18.0 Å². The second-order valence-corrected chi connectivity index (χ2v) is 7.75. The highest BCUT2D eigenvalue weighted by Gasteiger charge is 2.29. The molecule has 2 atom stereocenters. The van der Waals surface area contributed by atoms with Crippen molar-refractivity contribution in [3.8, 4) is 0 Å². The van der Waals surface area contributed by atoms with Gasteiger partial charge >= 0.3 is 0 Å². The average molecular weight is 394 g/mol. The molecule has 0 aliphatic carbocycles. The topological polar surface area (TPSA) is 15.3 Å². The first-order valence-electron chi connectivity index (χ1n) is 7.57. The molecular weight excluding hydrogens is 371 g/mol. The Hall–Kier alpha value is 0.0400. The highest BCUT2D eigenvalue weighted by molar-refractivity contribution is 9.10. The van der Waals surface area contributed by atoms with E-state index in [1.54, 1.807) is 0 Å². The number of nitrogens with one attached hydrogen (secondary N) is 1. The average Bonchev–Trinajstić information content (AvgIpc) is 2.44. The van der Waals surface area contributed by atoms with Crippen LogP contribution in [0.5, 0.6) is 0 Å². The Labute approximate surface area is 146 Å². The number of rotatable bonds is 4. The lowest BCUT2D eigenvalue weighted by Crippen LogP contribution is -2.56. The third-order valence-electron chi connectivity index (χ3n) is 4.05. The van der Waals surface area contributed by atoms with Crippen molar-refractivity contribution in [3.63, 3.8) is 0 Å². The molecule has 0 bridgehead atoms. The number of nitrogens with zero attached hydrogens (tertiary/aromatic N) is 1. The predicted molar refractivity (Wildman–Crippen MR) is 96.8 cm³/mol. The second-order valence-electron chi connectivity index (χ2n) is 6.14. The van der Waals surface area contributed by atoms with Crippen LogP contribution in [0.25, 0.3) is 0 Å². The third kappa shape index (κ3) is 4.07. The van der Waals surface area contributed by atoms with E-state index in [4.69, 9.17) is 23.2 Å². The highest BCUT2D eigenvalue weighted by atomic mass is 79.9. The van der Waals surface area contributed by atoms with Gasteiger partial charge in [-0.05, 0) is 46.8 Å². The summed E-state index contributed by atoms with van der Waals surface area (Å²) in [6, 6.07) is 5.02. The van der Waals surface area contributed by atoms with Gasteiger partial charge in [0.25, 0.3) is 0 Å². The first-order chi connectivity index (χ1) is 9.93. The molecule has 0 saturated carbocycles. The van der Waals surface area contributed by atoms with Gasteiger partial charge in [-0.2, -0.15) is 0 Å². The van der Waals surface area contributed by atoms with Gasteiger partial charge < -0.3 is 10.2 Å². The number of hydrogen-bond donors (Lipinski definition) is 1. The molecule has 1 N–H and O–H groups in total. The van der Waals surface area contributed by atoms with Gasteiger partial charge in [-0.3, -0.25) is 0 Å². The molecule has 5 heteroatoms. The number of halogens is 3. The molecule has 2 rings (SSSR count). The van der Waals surface area contributed by atoms with Crippen molar-refractivity contribution < 1.29 is 0 Å². The number of piperazine rings is 1. The van der Waals surface area contributed by atoms with Crippen LogP contribution in [-0.4, -0.2) is 25.2 Å². The van der Waals surface area contributed by atoms with E-state index in [2.05, 4.69) is 53.0 Å². The molecule has 2 unspecified atom stereocenters. The smallest absolute Gasteiger partial charge is 0.0837 e. The molecule has 2 nitrogen and oxygen atoms in total. The lowest BCUT2D eigenvalue weighted by molar-refractivity contribution is 0.343. The van der Waals surface area contributed by atoms with Crippen LogP contribution in [0.2, 0.25) is 10.0 Å². The van der Waals surface area contributed by atoms with Crippen LogP contribution in [0.1, 0.15) is 33.6 Å². The molecular formula is C16H23BrCl2N2. The van der Waals surface area contributed by atoms with E-state index in [0.29, 0.717) is 28.0 Å². The fraction of sp³-hybridized carbons (Fsp3) is 0.625. The molecule has 0 aromatic heterocycles. The maximum Gasteiger partial charge on any atom is 0.0837 e. The van der Waals surface area contributed by atoms with Crippen LogP contribution in [0, 0.1) is 5.92 Å². The van der Waals surface area contributed by atoms with Crippen LogP contribution in [-0.2, 0) is 0 Å². The SMILES string of the molecule is CCC1CNC(CC(C)C)CN1c1ccc(Br)c(Cl)c1Cl. The Kier molecular flexibility index (Phi) is 6.25. The van der Waals surface area contributed by atoms with E-state index >= 15 is 0 Å². The normalized spacial score (nSPS) is 22.9. The lowest BCUT2D eigenvalue weighted by Gasteiger charge is -2.42. The molecule has 0 amide bonds. The summed E-state index contributed by atoms with van der Waals surface area (Å²) < 4.78 is 0.847. The largest absolute Gasteiger partial charge is 0.364 e. The predicted octanol–water partition coefficient (Wildman–Crippen LogP) is 5.36. The third-order valence-corrected chi connectivity index (χ3v) is 5.81. The summed E-state index contributed by atoms with van der Waals surface area (Å²) in [6.07, 6.45) is 2.26. The minimum Gasteiger partial charge on any atom is -0.364 e. The molecule has 1 aromatic rings. The quantitative estimate of drug-likeness (QED) is 0.692. The van der Waals surface area contributed by atoms with Crippen molar-refractivity contribution in [2.45, 2.75) is 45.7 Å². The summed E-state index contributed by atoms with van der Waals surface area (Å²) in [5.41, 5.74) is 1.05. The van der Waals surface area contributed by atoms with Gasteiger partial charge in [-0.15, -0.1) is 0 Å². The van der Waals surface area contributed by atoms with Crippen LogP contribution in [0.4, 0.5) is 5.69 Å². The van der Waals surface area contributed by atoms with Gasteiger partial charge in [0.15, 0.2) is 0 Å². The molecule has 0 radical (unpaired) electrons. The summed E-state index contributed by atoms with van der Waals surface area (Å²) in [4.78, 5) is 2.42. The van der Waals surface area contributed by atoms with Gasteiger partial charge in [-0.1, -0.05) is 44.0 Å². The molecule has 1 saturated heterocycles. The first kappa shape index (κ1) is 17.4. The molecule has 1 aliphatic rings. The fourth-order valence-corrected chi connectivity index (χ4v) is 3.87. The monoisotopic (exact) mass is 392 g/mol. The Morgan fingerprint density at radius 1 is 1.33 bits per heavy atom. The Balaban J connectivity index is 2.27. The summed E-state index contributed by atoms with van der Waals surface area (Å²) >= 11 is 16.2. The molecule has 1 fully saturated rings. The van der Waals surface area contributed by atoms with Crippen LogP contribution in [0.3, 0.4) is 0 Å². The van der Waals surface area contributed by atoms with Gasteiger partial charge in [0.1, 0.15) is 0 Å². The van der Waals surface area contributed by atoms with Gasteiger partial charge in [0.2, 0.25) is 0 Å². The van der Waals surface area contributed by atoms with Crippen LogP contribution < -0.4 is 10.2 Å². The standard InChI is InChI=1S/C16H23BrCl2N2/c1-4-12-8-20-11(7-10(2)3)9-21(12)14-6-5-13(17)15(18)16(14)19/h5-6,10-12,20H,4,7-9H2,1-3H3. The van der Waals surface area contributed by atoms with Crippen molar-refractivity contribution in [1.29, 1.82) is 0 Å². The minimum absolute atomic E-state index is 0.461. The molecule has 118 valence electrons. The minimum atomic E-state index is 0.461. The Morgan fingerprint density at radius 2 is 2.05 bits per heavy atom. The van der Waals surface area contributed by atoms with Crippen molar-refractivity contribution in [3.05, 3.63) is 26.7 Å². The molecule has 1 heterocycles. The van der Waals surface area contributed by atoms with Crippen molar-refractivity contribution >= 4 is 44.8 Å². The molecule has 1 aromatic carbocycles. The van der Waals surface area contributed by atoms with Crippen LogP contribution >= 0.6 is 39.1 Å². The summed E-state index contributed by atoms with van der Waals surface area (Å²) in [5, 5.41) is 4.92. The Morgan fingerprint density at radius 3 is 2.67 bits per heavy atom. The van der Waals surface area contributed by atoms with Gasteiger partial charge in [-0.25, -0.2) is 0 Å². The van der Waals surface area contributed by atoms with E-state index in [9.17, 15) is 0 Å². The fourth-order valence-electron chi connectivity index (χ4n) is 2.99. The number of hydrogen-bond acceptors (Lipinski definition) is 2. The summed E-state index contributed by atoms with van der Waals surface area (Å²) in [5.74, 6) is 0.687. The number of anilines is 1. The van der Waals surface area contributed by atoms with Gasteiger partial charge in [0.05, 0.1) is 15.7 Å². The zero-order valence-electron chi connectivity index (χ0n) is 12.8. The van der Waals surface area contributed by atoms with E-state index < -0.39 is 0 Å². The number of benzene rings is 1. The highest BCUT2D eigenvalue weighted by Crippen LogP contribution is 2.39. The summed E-state index contributed by atoms with van der Waals surface area (Å²) in [6.45, 7) is 8.73. The van der Waals surface area contributed by atoms with Gasteiger partial charge in [0, 0.05) is 29.6 Å². The zero-order valence-corrected chi connectivity index (χ0v) is 15.9. The van der Waals surface area contributed by atoms with E-state index in [1.807, 2.05) is 6.07 Å². The van der Waals surface area contributed by atoms with E-state index in [1.165, 1.54) is 6.42 Å². The van der Waals surface area contributed by atoms with Crippen molar-refractivity contribution in [2.24, 2.45) is 5.92 Å². The first-order valence-corrected chi connectivity index (χ1v) is 9.12. The molecule has 1 aliphatic heterocycles. The zero-order chi connectivity index (χ0) is 15.6. The second kappa shape index (κ2) is 7.54. The molecule has 21 heavy (non-hydrogen) atoms. The maximum atomic E-state index is 6.48. The molecule has 0 spiro atoms. The van der Waals surface area contributed by atoms with Crippen LogP contribution in [0.15, 0.2) is 16.6 Å².